The minimum Gasteiger partial charge on any atom is -0.507 e. The van der Waals surface area contributed by atoms with E-state index < -0.39 is 11.8 Å². The Morgan fingerprint density at radius 1 is 1.00 bits per heavy atom. The first kappa shape index (κ1) is 17.2. The van der Waals surface area contributed by atoms with E-state index >= 15 is 0 Å². The van der Waals surface area contributed by atoms with Gasteiger partial charge in [0.05, 0.1) is 28.7 Å². The van der Waals surface area contributed by atoms with Gasteiger partial charge < -0.3 is 5.11 Å². The molecule has 0 unspecified atom stereocenters. The lowest BCUT2D eigenvalue weighted by molar-refractivity contribution is 0.0844. The number of phenols is 1. The summed E-state index contributed by atoms with van der Waals surface area (Å²) < 4.78 is 14.5. The number of halogens is 1. The summed E-state index contributed by atoms with van der Waals surface area (Å²) in [4.78, 5) is 24.3. The van der Waals surface area contributed by atoms with Gasteiger partial charge in [-0.2, -0.15) is 5.10 Å². The molecule has 2 amide bonds. The lowest BCUT2D eigenvalue weighted by Gasteiger charge is -2.09. The largest absolute Gasteiger partial charge is 0.507 e. The molecule has 3 rings (SSSR count). The number of hydrazine groups is 1. The Bertz CT molecular complexity index is 967. The second-order valence-electron chi connectivity index (χ2n) is 5.46. The average molecular weight is 354 g/mol. The van der Waals surface area contributed by atoms with Crippen LogP contribution < -0.4 is 10.9 Å². The normalized spacial score (nSPS) is 10.4. The highest BCUT2D eigenvalue weighted by atomic mass is 19.1. The van der Waals surface area contributed by atoms with E-state index in [2.05, 4.69) is 16.0 Å². The molecule has 0 saturated carbocycles. The van der Waals surface area contributed by atoms with Crippen molar-refractivity contribution in [3.05, 3.63) is 77.4 Å². The first-order valence-corrected chi connectivity index (χ1v) is 7.66. The average Bonchev–Trinajstić information content (AvgIpc) is 3.02. The third kappa shape index (κ3) is 3.39. The van der Waals surface area contributed by atoms with Crippen LogP contribution in [0.25, 0.3) is 5.69 Å². The number of carbonyl (C=O) groups excluding carboxylic acids is 2. The van der Waals surface area contributed by atoms with E-state index in [9.17, 15) is 19.1 Å². The second kappa shape index (κ2) is 7.06. The molecule has 0 aliphatic heterocycles. The van der Waals surface area contributed by atoms with Crippen molar-refractivity contribution in [3.63, 3.8) is 0 Å². The SMILES string of the molecule is Cc1c(C(=O)NNC(=O)c2ccccc2O)cnn1-c1ccc(F)cc1. The highest BCUT2D eigenvalue weighted by Gasteiger charge is 2.17. The van der Waals surface area contributed by atoms with E-state index in [1.165, 1.54) is 47.3 Å². The van der Waals surface area contributed by atoms with E-state index in [0.29, 0.717) is 11.4 Å². The molecule has 0 atom stereocenters. The van der Waals surface area contributed by atoms with Crippen molar-refractivity contribution >= 4 is 11.8 Å². The number of hydrogen-bond acceptors (Lipinski definition) is 4. The fourth-order valence-electron chi connectivity index (χ4n) is 2.39. The summed E-state index contributed by atoms with van der Waals surface area (Å²) in [5.41, 5.74) is 5.91. The highest BCUT2D eigenvalue weighted by Crippen LogP contribution is 2.16. The van der Waals surface area contributed by atoms with E-state index in [1.54, 1.807) is 19.1 Å². The molecular formula is C18H15FN4O3. The fourth-order valence-corrected chi connectivity index (χ4v) is 2.39. The molecule has 3 N–H and O–H groups in total. The van der Waals surface area contributed by atoms with Crippen LogP contribution in [0, 0.1) is 12.7 Å². The third-order valence-electron chi connectivity index (χ3n) is 3.76. The fraction of sp³-hybridized carbons (Fsp3) is 0.0556. The summed E-state index contributed by atoms with van der Waals surface area (Å²) in [6.07, 6.45) is 1.35. The highest BCUT2D eigenvalue weighted by molar-refractivity contribution is 6.00. The standard InChI is InChI=1S/C18H15FN4O3/c1-11-15(10-20-23(11)13-8-6-12(19)7-9-13)18(26)22-21-17(25)14-4-2-3-5-16(14)24/h2-10,24H,1H3,(H,21,25)(H,22,26). The molecule has 1 aromatic heterocycles. The van der Waals surface area contributed by atoms with Crippen LogP contribution in [-0.2, 0) is 0 Å². The Labute approximate surface area is 148 Å². The third-order valence-corrected chi connectivity index (χ3v) is 3.76. The van der Waals surface area contributed by atoms with Gasteiger partial charge in [0, 0.05) is 0 Å². The number of aromatic nitrogens is 2. The molecule has 8 heteroatoms. The van der Waals surface area contributed by atoms with Gasteiger partial charge in [-0.3, -0.25) is 20.4 Å². The van der Waals surface area contributed by atoms with Gasteiger partial charge in [0.15, 0.2) is 0 Å². The van der Waals surface area contributed by atoms with Gasteiger partial charge in [-0.1, -0.05) is 12.1 Å². The van der Waals surface area contributed by atoms with Crippen LogP contribution in [0.4, 0.5) is 4.39 Å². The quantitative estimate of drug-likeness (QED) is 0.628. The van der Waals surface area contributed by atoms with Gasteiger partial charge in [0.25, 0.3) is 11.8 Å². The van der Waals surface area contributed by atoms with E-state index in [4.69, 9.17) is 0 Å². The summed E-state index contributed by atoms with van der Waals surface area (Å²) in [5, 5.41) is 13.8. The molecule has 0 aliphatic carbocycles. The van der Waals surface area contributed by atoms with Crippen LogP contribution in [0.1, 0.15) is 26.4 Å². The van der Waals surface area contributed by atoms with Gasteiger partial charge in [0.1, 0.15) is 11.6 Å². The number of nitrogens with zero attached hydrogens (tertiary/aromatic N) is 2. The zero-order chi connectivity index (χ0) is 18.7. The Kier molecular flexibility index (Phi) is 4.66. The summed E-state index contributed by atoms with van der Waals surface area (Å²) >= 11 is 0. The molecule has 26 heavy (non-hydrogen) atoms. The lowest BCUT2D eigenvalue weighted by Crippen LogP contribution is -2.41. The minimum atomic E-state index is -0.653. The van der Waals surface area contributed by atoms with Crippen LogP contribution in [0.2, 0.25) is 0 Å². The molecule has 0 fully saturated rings. The zero-order valence-electron chi connectivity index (χ0n) is 13.7. The number of benzene rings is 2. The van der Waals surface area contributed by atoms with Crippen LogP contribution in [0.5, 0.6) is 5.75 Å². The number of amides is 2. The molecule has 0 radical (unpaired) electrons. The lowest BCUT2D eigenvalue weighted by atomic mass is 10.2. The van der Waals surface area contributed by atoms with Gasteiger partial charge in [-0.05, 0) is 43.3 Å². The summed E-state index contributed by atoms with van der Waals surface area (Å²) in [5.74, 6) is -1.79. The number of hydrogen-bond donors (Lipinski definition) is 3. The van der Waals surface area contributed by atoms with E-state index in [0.717, 1.165) is 0 Å². The Balaban J connectivity index is 1.72. The molecule has 2 aromatic carbocycles. The predicted molar refractivity (Wildman–Crippen MR) is 91.3 cm³/mol. The van der Waals surface area contributed by atoms with Crippen molar-refractivity contribution in [2.24, 2.45) is 0 Å². The molecule has 0 saturated heterocycles. The maximum absolute atomic E-state index is 13.0. The van der Waals surface area contributed by atoms with Crippen molar-refractivity contribution in [2.75, 3.05) is 0 Å². The van der Waals surface area contributed by atoms with Gasteiger partial charge in [-0.25, -0.2) is 9.07 Å². The molecule has 7 nitrogen and oxygen atoms in total. The van der Waals surface area contributed by atoms with Gasteiger partial charge >= 0.3 is 0 Å². The van der Waals surface area contributed by atoms with Crippen LogP contribution in [0.15, 0.2) is 54.7 Å². The second-order valence-corrected chi connectivity index (χ2v) is 5.46. The van der Waals surface area contributed by atoms with Gasteiger partial charge in [0.2, 0.25) is 0 Å². The molecule has 0 spiro atoms. The molecule has 1 heterocycles. The first-order valence-electron chi connectivity index (χ1n) is 7.66. The molecule has 0 bridgehead atoms. The predicted octanol–water partition coefficient (Wildman–Crippen LogP) is 2.10. The molecule has 0 aliphatic rings. The number of nitrogens with one attached hydrogen (secondary N) is 2. The van der Waals surface area contributed by atoms with Crippen LogP contribution in [-0.4, -0.2) is 26.7 Å². The van der Waals surface area contributed by atoms with Crippen molar-refractivity contribution in [2.45, 2.75) is 6.92 Å². The van der Waals surface area contributed by atoms with Crippen LogP contribution >= 0.6 is 0 Å². The molecule has 3 aromatic rings. The van der Waals surface area contributed by atoms with Crippen molar-refractivity contribution in [1.82, 2.24) is 20.6 Å². The Hall–Kier alpha value is -3.68. The summed E-state index contributed by atoms with van der Waals surface area (Å²) in [6.45, 7) is 1.68. The number of carbonyl (C=O) groups is 2. The van der Waals surface area contributed by atoms with Crippen LogP contribution in [0.3, 0.4) is 0 Å². The van der Waals surface area contributed by atoms with E-state index in [1.807, 2.05) is 0 Å². The van der Waals surface area contributed by atoms with Crippen molar-refractivity contribution in [1.29, 1.82) is 0 Å². The zero-order valence-corrected chi connectivity index (χ0v) is 13.7. The number of aromatic hydroxyl groups is 1. The smallest absolute Gasteiger partial charge is 0.273 e. The minimum absolute atomic E-state index is 0.0338. The topological polar surface area (TPSA) is 96.2 Å². The number of phenolic OH excluding ortho intramolecular Hbond substituents is 1. The summed E-state index contributed by atoms with van der Waals surface area (Å²) in [6, 6.07) is 11.6. The summed E-state index contributed by atoms with van der Waals surface area (Å²) in [7, 11) is 0. The maximum Gasteiger partial charge on any atom is 0.273 e. The number of rotatable bonds is 3. The molecular weight excluding hydrogens is 339 g/mol. The van der Waals surface area contributed by atoms with Gasteiger partial charge in [-0.15, -0.1) is 0 Å². The molecule has 132 valence electrons. The maximum atomic E-state index is 13.0. The van der Waals surface area contributed by atoms with Crippen molar-refractivity contribution < 1.29 is 19.1 Å². The number of para-hydroxylation sites is 1. The monoisotopic (exact) mass is 354 g/mol. The van der Waals surface area contributed by atoms with E-state index in [-0.39, 0.29) is 22.7 Å². The van der Waals surface area contributed by atoms with Crippen molar-refractivity contribution in [3.8, 4) is 11.4 Å². The Morgan fingerprint density at radius 2 is 1.62 bits per heavy atom. The Morgan fingerprint density at radius 3 is 2.27 bits per heavy atom. The first-order chi connectivity index (χ1) is 12.5.